The summed E-state index contributed by atoms with van der Waals surface area (Å²) in [7, 11) is 0. The van der Waals surface area contributed by atoms with E-state index in [4.69, 9.17) is 5.26 Å². The second kappa shape index (κ2) is 5.73. The number of nitro groups is 1. The summed E-state index contributed by atoms with van der Waals surface area (Å²) in [5.41, 5.74) is 0.243. The fraction of sp³-hybridized carbons (Fsp3) is 0.417. The van der Waals surface area contributed by atoms with Gasteiger partial charge in [0.15, 0.2) is 0 Å². The predicted molar refractivity (Wildman–Crippen MR) is 65.7 cm³/mol. The zero-order chi connectivity index (χ0) is 13.8. The maximum atomic E-state index is 13.3. The van der Waals surface area contributed by atoms with Crippen LogP contribution < -0.4 is 5.32 Å². The van der Waals surface area contributed by atoms with Gasteiger partial charge in [0, 0.05) is 32.2 Å². The van der Waals surface area contributed by atoms with Gasteiger partial charge in [0.25, 0.3) is 5.69 Å². The van der Waals surface area contributed by atoms with Crippen molar-refractivity contribution in [3.05, 3.63) is 39.7 Å². The Balaban J connectivity index is 2.18. The lowest BCUT2D eigenvalue weighted by Gasteiger charge is -2.31. The number of nitrogens with one attached hydrogen (secondary N) is 1. The van der Waals surface area contributed by atoms with Crippen LogP contribution in [0.3, 0.4) is 0 Å². The van der Waals surface area contributed by atoms with Gasteiger partial charge in [-0.25, -0.2) is 4.39 Å². The molecule has 0 bridgehead atoms. The van der Waals surface area contributed by atoms with E-state index in [9.17, 15) is 14.5 Å². The molecule has 1 atom stereocenters. The molecule has 1 fully saturated rings. The predicted octanol–water partition coefficient (Wildman–Crippen LogP) is 1.03. The van der Waals surface area contributed by atoms with Crippen molar-refractivity contribution in [3.63, 3.8) is 0 Å². The monoisotopic (exact) mass is 264 g/mol. The Morgan fingerprint density at radius 1 is 1.58 bits per heavy atom. The Kier molecular flexibility index (Phi) is 4.04. The third-order valence-electron chi connectivity index (χ3n) is 3.04. The highest BCUT2D eigenvalue weighted by molar-refractivity contribution is 5.35. The Morgan fingerprint density at radius 2 is 2.37 bits per heavy atom. The Labute approximate surface area is 109 Å². The van der Waals surface area contributed by atoms with Gasteiger partial charge >= 0.3 is 0 Å². The van der Waals surface area contributed by atoms with Crippen LogP contribution in [0.1, 0.15) is 5.56 Å². The summed E-state index contributed by atoms with van der Waals surface area (Å²) in [4.78, 5) is 11.9. The molecule has 0 aromatic heterocycles. The molecule has 0 amide bonds. The molecule has 100 valence electrons. The van der Waals surface area contributed by atoms with E-state index < -0.39 is 10.7 Å². The van der Waals surface area contributed by atoms with E-state index in [0.717, 1.165) is 12.6 Å². The molecule has 1 saturated heterocycles. The Hall–Kier alpha value is -2.04. The highest BCUT2D eigenvalue weighted by Gasteiger charge is 2.22. The molecule has 6 nitrogen and oxygen atoms in total. The minimum absolute atomic E-state index is 0.265. The number of piperazine rings is 1. The van der Waals surface area contributed by atoms with Gasteiger partial charge in [-0.05, 0) is 11.6 Å². The maximum Gasteiger partial charge on any atom is 0.272 e. The van der Waals surface area contributed by atoms with E-state index in [1.165, 1.54) is 12.1 Å². The van der Waals surface area contributed by atoms with Crippen molar-refractivity contribution in [2.45, 2.75) is 12.6 Å². The van der Waals surface area contributed by atoms with Crippen LogP contribution in [0.15, 0.2) is 18.2 Å². The number of hydrogen-bond donors (Lipinski definition) is 1. The van der Waals surface area contributed by atoms with Crippen LogP contribution in [0.4, 0.5) is 10.1 Å². The molecule has 0 aliphatic carbocycles. The molecule has 0 spiro atoms. The number of hydrogen-bond acceptors (Lipinski definition) is 5. The van der Waals surface area contributed by atoms with Gasteiger partial charge in [-0.1, -0.05) is 0 Å². The van der Waals surface area contributed by atoms with Crippen LogP contribution in [0.2, 0.25) is 0 Å². The minimum Gasteiger partial charge on any atom is -0.313 e. The standard InChI is InChI=1S/C12H13FN4O2/c13-10-3-9(4-11(5-10)17(18)19)8-16-2-1-15-7-12(16)6-14/h3-5,12,15H,1-2,7-8H2. The Morgan fingerprint density at radius 3 is 3.05 bits per heavy atom. The molecule has 2 rings (SSSR count). The van der Waals surface area contributed by atoms with Gasteiger partial charge in [0.05, 0.1) is 17.1 Å². The van der Waals surface area contributed by atoms with Gasteiger partial charge in [-0.3, -0.25) is 15.0 Å². The molecule has 1 aromatic rings. The number of benzene rings is 1. The lowest BCUT2D eigenvalue weighted by molar-refractivity contribution is -0.385. The molecular formula is C12H13FN4O2. The van der Waals surface area contributed by atoms with Crippen LogP contribution in [0.5, 0.6) is 0 Å². The third kappa shape index (κ3) is 3.24. The molecule has 19 heavy (non-hydrogen) atoms. The third-order valence-corrected chi connectivity index (χ3v) is 3.04. The first-order valence-electron chi connectivity index (χ1n) is 5.88. The molecule has 1 aromatic carbocycles. The first-order valence-corrected chi connectivity index (χ1v) is 5.88. The van der Waals surface area contributed by atoms with E-state index in [0.29, 0.717) is 25.2 Å². The average Bonchev–Trinajstić information content (AvgIpc) is 2.38. The van der Waals surface area contributed by atoms with E-state index in [-0.39, 0.29) is 11.7 Å². The molecule has 1 aliphatic heterocycles. The van der Waals surface area contributed by atoms with E-state index >= 15 is 0 Å². The second-order valence-corrected chi connectivity index (χ2v) is 4.39. The van der Waals surface area contributed by atoms with Gasteiger partial charge in [-0.15, -0.1) is 0 Å². The van der Waals surface area contributed by atoms with Crippen molar-refractivity contribution < 1.29 is 9.31 Å². The number of nitro benzene ring substituents is 1. The highest BCUT2D eigenvalue weighted by Crippen LogP contribution is 2.18. The van der Waals surface area contributed by atoms with Crippen molar-refractivity contribution in [2.75, 3.05) is 19.6 Å². The zero-order valence-electron chi connectivity index (χ0n) is 10.2. The van der Waals surface area contributed by atoms with E-state index in [2.05, 4.69) is 11.4 Å². The summed E-state index contributed by atoms with van der Waals surface area (Å²) >= 11 is 0. The highest BCUT2D eigenvalue weighted by atomic mass is 19.1. The fourth-order valence-electron chi connectivity index (χ4n) is 2.13. The van der Waals surface area contributed by atoms with E-state index in [1.807, 2.05) is 4.90 Å². The van der Waals surface area contributed by atoms with Gasteiger partial charge in [-0.2, -0.15) is 5.26 Å². The quantitative estimate of drug-likeness (QED) is 0.651. The molecule has 7 heteroatoms. The summed E-state index contributed by atoms with van der Waals surface area (Å²) in [6.45, 7) is 2.28. The lowest BCUT2D eigenvalue weighted by Crippen LogP contribution is -2.49. The molecule has 0 saturated carbocycles. The first-order chi connectivity index (χ1) is 9.10. The van der Waals surface area contributed by atoms with Crippen molar-refractivity contribution >= 4 is 5.69 Å². The molecule has 1 aliphatic rings. The van der Waals surface area contributed by atoms with Crippen molar-refractivity contribution in [1.29, 1.82) is 5.26 Å². The first kappa shape index (κ1) is 13.4. The van der Waals surface area contributed by atoms with Gasteiger partial charge in [0.2, 0.25) is 0 Å². The largest absolute Gasteiger partial charge is 0.313 e. The summed E-state index contributed by atoms with van der Waals surface area (Å²) in [6, 6.07) is 5.37. The molecule has 0 radical (unpaired) electrons. The van der Waals surface area contributed by atoms with Crippen molar-refractivity contribution in [3.8, 4) is 6.07 Å². The number of nitrogens with zero attached hydrogens (tertiary/aromatic N) is 3. The SMILES string of the molecule is N#CC1CNCCN1Cc1cc(F)cc([N+](=O)[O-])c1. The second-order valence-electron chi connectivity index (χ2n) is 4.39. The average molecular weight is 264 g/mol. The minimum atomic E-state index is -0.632. The van der Waals surface area contributed by atoms with Crippen LogP contribution in [-0.4, -0.2) is 35.5 Å². The van der Waals surface area contributed by atoms with E-state index in [1.54, 1.807) is 0 Å². The lowest BCUT2D eigenvalue weighted by atomic mass is 10.1. The molecular weight excluding hydrogens is 251 g/mol. The molecule has 1 N–H and O–H groups in total. The molecule has 1 heterocycles. The topological polar surface area (TPSA) is 82.2 Å². The van der Waals surface area contributed by atoms with Gasteiger partial charge < -0.3 is 5.32 Å². The van der Waals surface area contributed by atoms with Crippen LogP contribution in [-0.2, 0) is 6.54 Å². The van der Waals surface area contributed by atoms with Crippen molar-refractivity contribution in [1.82, 2.24) is 10.2 Å². The fourth-order valence-corrected chi connectivity index (χ4v) is 2.13. The number of non-ortho nitro benzene ring substituents is 1. The summed E-state index contributed by atoms with van der Waals surface area (Å²) in [5.74, 6) is -0.632. The summed E-state index contributed by atoms with van der Waals surface area (Å²) < 4.78 is 13.3. The zero-order valence-corrected chi connectivity index (χ0v) is 10.2. The van der Waals surface area contributed by atoms with Crippen LogP contribution in [0.25, 0.3) is 0 Å². The number of nitriles is 1. The summed E-state index contributed by atoms with van der Waals surface area (Å²) in [5, 5.41) is 22.8. The van der Waals surface area contributed by atoms with Crippen LogP contribution in [0, 0.1) is 27.3 Å². The maximum absolute atomic E-state index is 13.3. The number of halogens is 1. The van der Waals surface area contributed by atoms with Gasteiger partial charge in [0.1, 0.15) is 11.9 Å². The number of rotatable bonds is 3. The molecule has 1 unspecified atom stereocenters. The Bertz CT molecular complexity index is 529. The summed E-state index contributed by atoms with van der Waals surface area (Å²) in [6.07, 6.45) is 0. The van der Waals surface area contributed by atoms with Crippen molar-refractivity contribution in [2.24, 2.45) is 0 Å². The van der Waals surface area contributed by atoms with Crippen LogP contribution >= 0.6 is 0 Å². The smallest absolute Gasteiger partial charge is 0.272 e. The normalized spacial score (nSPS) is 19.9.